The van der Waals surface area contributed by atoms with E-state index in [1.54, 1.807) is 18.5 Å². The predicted octanol–water partition coefficient (Wildman–Crippen LogP) is 1.85. The maximum Gasteiger partial charge on any atom is 0.525 e. The van der Waals surface area contributed by atoms with Crippen molar-refractivity contribution in [3.05, 3.63) is 41.9 Å². The highest BCUT2D eigenvalue weighted by molar-refractivity contribution is 5.63. The van der Waals surface area contributed by atoms with E-state index in [4.69, 9.17) is 5.11 Å². The first-order valence-corrected chi connectivity index (χ1v) is 6.38. The summed E-state index contributed by atoms with van der Waals surface area (Å²) in [4.78, 5) is 19.4. The molecular formula is C14H12N4O3. The predicted molar refractivity (Wildman–Crippen MR) is 71.9 cm³/mol. The Labute approximate surface area is 120 Å². The van der Waals surface area contributed by atoms with Crippen molar-refractivity contribution < 1.29 is 14.7 Å². The lowest BCUT2D eigenvalue weighted by molar-refractivity contribution is -0.135. The fourth-order valence-electron chi connectivity index (χ4n) is 2.51. The van der Waals surface area contributed by atoms with Crippen LogP contribution in [0.1, 0.15) is 11.3 Å². The van der Waals surface area contributed by atoms with Gasteiger partial charge in [0.15, 0.2) is 0 Å². The lowest BCUT2D eigenvalue weighted by atomic mass is 10.2. The van der Waals surface area contributed by atoms with Crippen molar-refractivity contribution in [2.24, 2.45) is 0 Å². The first-order valence-electron chi connectivity index (χ1n) is 6.38. The van der Waals surface area contributed by atoms with Crippen LogP contribution in [0, 0.1) is 11.3 Å². The first-order chi connectivity index (χ1) is 10.2. The number of carboxylic acid groups (broad SMARTS) is 1. The van der Waals surface area contributed by atoms with Crippen molar-refractivity contribution in [2.75, 3.05) is 6.54 Å². The smallest absolute Gasteiger partial charge is 0.448 e. The van der Waals surface area contributed by atoms with Crippen LogP contribution in [0.4, 0.5) is 4.79 Å². The summed E-state index contributed by atoms with van der Waals surface area (Å²) < 4.78 is 2.01. The summed E-state index contributed by atoms with van der Waals surface area (Å²) in [6.07, 6.45) is 2.09. The summed E-state index contributed by atoms with van der Waals surface area (Å²) in [6, 6.07) is 7.72. The Hall–Kier alpha value is -2.85. The van der Waals surface area contributed by atoms with Crippen molar-refractivity contribution in [3.63, 3.8) is 0 Å². The Morgan fingerprint density at radius 3 is 3.00 bits per heavy atom. The topological polar surface area (TPSA) is 91.4 Å². The zero-order valence-electron chi connectivity index (χ0n) is 11.1. The SMILES string of the molecule is N#Cc1cc(-c2cccnc2)n2c1CN(OC(=O)O)CC2. The molecule has 0 atom stereocenters. The van der Waals surface area contributed by atoms with Crippen LogP contribution in [0.5, 0.6) is 0 Å². The lowest BCUT2D eigenvalue weighted by Gasteiger charge is -2.27. The molecule has 0 bridgehead atoms. The molecule has 1 N–H and O–H groups in total. The van der Waals surface area contributed by atoms with Crippen molar-refractivity contribution in [2.45, 2.75) is 13.1 Å². The monoisotopic (exact) mass is 284 g/mol. The van der Waals surface area contributed by atoms with Gasteiger partial charge >= 0.3 is 6.16 Å². The van der Waals surface area contributed by atoms with Gasteiger partial charge in [-0.25, -0.2) is 4.79 Å². The highest BCUT2D eigenvalue weighted by Gasteiger charge is 2.25. The minimum Gasteiger partial charge on any atom is -0.448 e. The number of hydrogen-bond donors (Lipinski definition) is 1. The maximum absolute atomic E-state index is 10.6. The number of nitriles is 1. The number of fused-ring (bicyclic) bond motifs is 1. The van der Waals surface area contributed by atoms with E-state index < -0.39 is 6.16 Å². The molecule has 1 aliphatic rings. The standard InChI is InChI=1S/C14H12N4O3/c15-7-11-6-12(10-2-1-3-16-8-10)18-5-4-17(9-13(11)18)21-14(19)20/h1-3,6,8H,4-5,9H2,(H,19,20). The molecule has 7 heteroatoms. The van der Waals surface area contributed by atoms with Crippen LogP contribution in [-0.4, -0.2) is 32.4 Å². The number of hydrogen-bond acceptors (Lipinski definition) is 5. The second-order valence-electron chi connectivity index (χ2n) is 4.62. The molecule has 0 spiro atoms. The average Bonchev–Trinajstić information content (AvgIpc) is 2.85. The van der Waals surface area contributed by atoms with Gasteiger partial charge in [-0.3, -0.25) is 4.98 Å². The summed E-state index contributed by atoms with van der Waals surface area (Å²) in [7, 11) is 0. The molecule has 0 saturated heterocycles. The molecule has 0 saturated carbocycles. The molecular weight excluding hydrogens is 272 g/mol. The van der Waals surface area contributed by atoms with Gasteiger partial charge in [0.05, 0.1) is 30.0 Å². The molecule has 0 fully saturated rings. The molecule has 3 rings (SSSR count). The van der Waals surface area contributed by atoms with Crippen LogP contribution < -0.4 is 0 Å². The Morgan fingerprint density at radius 1 is 1.48 bits per heavy atom. The average molecular weight is 284 g/mol. The number of aromatic nitrogens is 2. The zero-order chi connectivity index (χ0) is 14.8. The number of pyridine rings is 1. The highest BCUT2D eigenvalue weighted by atomic mass is 16.8. The van der Waals surface area contributed by atoms with E-state index in [1.165, 1.54) is 5.06 Å². The van der Waals surface area contributed by atoms with E-state index in [-0.39, 0.29) is 6.54 Å². The van der Waals surface area contributed by atoms with Crippen molar-refractivity contribution in [3.8, 4) is 17.3 Å². The van der Waals surface area contributed by atoms with Gasteiger partial charge in [-0.1, -0.05) is 0 Å². The third kappa shape index (κ3) is 2.44. The molecule has 106 valence electrons. The Balaban J connectivity index is 2.00. The number of hydroxylamine groups is 2. The van der Waals surface area contributed by atoms with Crippen LogP contribution in [0.25, 0.3) is 11.3 Å². The quantitative estimate of drug-likeness (QED) is 0.904. The second kappa shape index (κ2) is 5.26. The Bertz CT molecular complexity index is 718. The fraction of sp³-hybridized carbons (Fsp3) is 0.214. The van der Waals surface area contributed by atoms with Crippen molar-refractivity contribution in [1.29, 1.82) is 5.26 Å². The number of rotatable bonds is 2. The summed E-state index contributed by atoms with van der Waals surface area (Å²) in [5.74, 6) is 0. The van der Waals surface area contributed by atoms with Crippen molar-refractivity contribution >= 4 is 6.16 Å². The van der Waals surface area contributed by atoms with Gasteiger partial charge in [-0.15, -0.1) is 5.06 Å². The van der Waals surface area contributed by atoms with Crippen LogP contribution >= 0.6 is 0 Å². The van der Waals surface area contributed by atoms with E-state index in [0.29, 0.717) is 18.7 Å². The van der Waals surface area contributed by atoms with Gasteiger partial charge in [0.1, 0.15) is 6.07 Å². The molecule has 2 aromatic rings. The van der Waals surface area contributed by atoms with Crippen LogP contribution in [0.15, 0.2) is 30.6 Å². The first kappa shape index (κ1) is 13.1. The molecule has 0 radical (unpaired) electrons. The largest absolute Gasteiger partial charge is 0.525 e. The lowest BCUT2D eigenvalue weighted by Crippen LogP contribution is -2.35. The third-order valence-electron chi connectivity index (χ3n) is 3.39. The molecule has 0 amide bonds. The number of carbonyl (C=O) groups is 1. The normalized spacial score (nSPS) is 14.2. The fourth-order valence-corrected chi connectivity index (χ4v) is 2.51. The van der Waals surface area contributed by atoms with Gasteiger partial charge < -0.3 is 14.5 Å². The van der Waals surface area contributed by atoms with Crippen molar-refractivity contribution in [1.82, 2.24) is 14.6 Å². The van der Waals surface area contributed by atoms with E-state index in [0.717, 1.165) is 17.0 Å². The van der Waals surface area contributed by atoms with Crippen LogP contribution in [0.2, 0.25) is 0 Å². The molecule has 7 nitrogen and oxygen atoms in total. The highest BCUT2D eigenvalue weighted by Crippen LogP contribution is 2.28. The maximum atomic E-state index is 10.6. The van der Waals surface area contributed by atoms with E-state index in [1.807, 2.05) is 16.7 Å². The summed E-state index contributed by atoms with van der Waals surface area (Å²) in [6.45, 7) is 1.25. The molecule has 3 heterocycles. The van der Waals surface area contributed by atoms with Gasteiger partial charge in [-0.05, 0) is 18.2 Å². The molecule has 2 aromatic heterocycles. The van der Waals surface area contributed by atoms with Gasteiger partial charge in [0.25, 0.3) is 0 Å². The van der Waals surface area contributed by atoms with E-state index in [2.05, 4.69) is 15.9 Å². The summed E-state index contributed by atoms with van der Waals surface area (Å²) >= 11 is 0. The summed E-state index contributed by atoms with van der Waals surface area (Å²) in [5.41, 5.74) is 3.11. The minimum absolute atomic E-state index is 0.259. The minimum atomic E-state index is -1.35. The Kier molecular flexibility index (Phi) is 3.30. The molecule has 1 aliphatic heterocycles. The third-order valence-corrected chi connectivity index (χ3v) is 3.39. The van der Waals surface area contributed by atoms with Crippen LogP contribution in [0.3, 0.4) is 0 Å². The van der Waals surface area contributed by atoms with Crippen LogP contribution in [-0.2, 0) is 17.9 Å². The molecule has 21 heavy (non-hydrogen) atoms. The second-order valence-corrected chi connectivity index (χ2v) is 4.62. The van der Waals surface area contributed by atoms with Gasteiger partial charge in [-0.2, -0.15) is 5.26 Å². The summed E-state index contributed by atoms with van der Waals surface area (Å²) in [5, 5.41) is 19.3. The molecule has 0 aliphatic carbocycles. The Morgan fingerprint density at radius 2 is 2.33 bits per heavy atom. The zero-order valence-corrected chi connectivity index (χ0v) is 11.1. The van der Waals surface area contributed by atoms with E-state index >= 15 is 0 Å². The molecule has 0 unspecified atom stereocenters. The van der Waals surface area contributed by atoms with Gasteiger partial charge in [0.2, 0.25) is 0 Å². The molecule has 0 aromatic carbocycles. The van der Waals surface area contributed by atoms with Gasteiger partial charge in [0, 0.05) is 24.5 Å². The number of nitrogens with zero attached hydrogens (tertiary/aromatic N) is 4. The van der Waals surface area contributed by atoms with E-state index in [9.17, 15) is 10.1 Å².